The van der Waals surface area contributed by atoms with Crippen LogP contribution in [-0.2, 0) is 11.2 Å². The molecule has 0 aliphatic rings. The van der Waals surface area contributed by atoms with E-state index in [9.17, 15) is 9.59 Å². The van der Waals surface area contributed by atoms with Crippen LogP contribution in [0.5, 0.6) is 0 Å². The Morgan fingerprint density at radius 3 is 2.57 bits per heavy atom. The van der Waals surface area contributed by atoms with Crippen molar-refractivity contribution in [1.29, 1.82) is 0 Å². The van der Waals surface area contributed by atoms with Gasteiger partial charge >= 0.3 is 5.97 Å². The van der Waals surface area contributed by atoms with Gasteiger partial charge in [0.2, 0.25) is 5.91 Å². The van der Waals surface area contributed by atoms with Crippen molar-refractivity contribution in [1.82, 2.24) is 5.32 Å². The molecule has 0 aliphatic carbocycles. The number of aryl methyl sites for hydroxylation is 3. The molecule has 0 saturated heterocycles. The first-order chi connectivity index (χ1) is 10.9. The molecular formula is C18H21NO3S. The highest BCUT2D eigenvalue weighted by atomic mass is 32.1. The molecule has 0 spiro atoms. The van der Waals surface area contributed by atoms with Crippen molar-refractivity contribution >= 4 is 23.2 Å². The monoisotopic (exact) mass is 331 g/mol. The Balaban J connectivity index is 1.96. The number of aromatic carboxylic acids is 1. The van der Waals surface area contributed by atoms with Gasteiger partial charge in [-0.15, -0.1) is 11.3 Å². The van der Waals surface area contributed by atoms with Crippen LogP contribution < -0.4 is 5.32 Å². The fraction of sp³-hybridized carbons (Fsp3) is 0.333. The molecule has 2 N–H and O–H groups in total. The smallest absolute Gasteiger partial charge is 0.335 e. The van der Waals surface area contributed by atoms with Gasteiger partial charge in [-0.2, -0.15) is 0 Å². The molecule has 4 nitrogen and oxygen atoms in total. The van der Waals surface area contributed by atoms with Crippen molar-refractivity contribution in [3.05, 3.63) is 56.8 Å². The number of rotatable bonds is 6. The number of hydrogen-bond acceptors (Lipinski definition) is 3. The predicted molar refractivity (Wildman–Crippen MR) is 92.1 cm³/mol. The van der Waals surface area contributed by atoms with E-state index in [0.717, 1.165) is 5.56 Å². The van der Waals surface area contributed by atoms with Crippen LogP contribution in [0.3, 0.4) is 0 Å². The van der Waals surface area contributed by atoms with E-state index in [-0.39, 0.29) is 23.9 Å². The molecule has 1 aromatic carbocycles. The van der Waals surface area contributed by atoms with E-state index in [1.54, 1.807) is 35.6 Å². The lowest BCUT2D eigenvalue weighted by Crippen LogP contribution is -2.27. The molecule has 1 unspecified atom stereocenters. The van der Waals surface area contributed by atoms with E-state index < -0.39 is 5.97 Å². The average Bonchev–Trinajstić information content (AvgIpc) is 2.84. The van der Waals surface area contributed by atoms with Crippen LogP contribution in [-0.4, -0.2) is 17.0 Å². The summed E-state index contributed by atoms with van der Waals surface area (Å²) in [5.41, 5.74) is 2.09. The van der Waals surface area contributed by atoms with Crippen LogP contribution in [0.4, 0.5) is 0 Å². The van der Waals surface area contributed by atoms with Crippen molar-refractivity contribution in [2.75, 3.05) is 0 Å². The first-order valence-corrected chi connectivity index (χ1v) is 8.37. The summed E-state index contributed by atoms with van der Waals surface area (Å²) in [6.07, 6.45) is 0.694. The largest absolute Gasteiger partial charge is 0.478 e. The maximum absolute atomic E-state index is 12.1. The fourth-order valence-corrected chi connectivity index (χ4v) is 3.69. The van der Waals surface area contributed by atoms with Crippen molar-refractivity contribution in [3.8, 4) is 0 Å². The summed E-state index contributed by atoms with van der Waals surface area (Å²) in [6, 6.07) is 8.87. The molecule has 0 bridgehead atoms. The van der Waals surface area contributed by atoms with Gasteiger partial charge in [0.15, 0.2) is 0 Å². The molecule has 2 aromatic rings. The second kappa shape index (κ2) is 7.42. The minimum absolute atomic E-state index is 0.0397. The highest BCUT2D eigenvalue weighted by Gasteiger charge is 2.15. The zero-order valence-corrected chi connectivity index (χ0v) is 14.4. The third-order valence-electron chi connectivity index (χ3n) is 3.79. The van der Waals surface area contributed by atoms with E-state index in [2.05, 4.69) is 25.2 Å². The average molecular weight is 331 g/mol. The quantitative estimate of drug-likeness (QED) is 0.844. The molecule has 0 saturated carbocycles. The third kappa shape index (κ3) is 4.42. The SMILES string of the molecule is Cc1cc(C(C)NC(=O)CCc2ccccc2C(=O)O)c(C)s1. The van der Waals surface area contributed by atoms with Gasteiger partial charge in [0.05, 0.1) is 11.6 Å². The number of thiophene rings is 1. The topological polar surface area (TPSA) is 66.4 Å². The van der Waals surface area contributed by atoms with Crippen LogP contribution in [0, 0.1) is 13.8 Å². The number of carboxylic acid groups (broad SMARTS) is 1. The summed E-state index contributed by atoms with van der Waals surface area (Å²) >= 11 is 1.72. The number of nitrogens with one attached hydrogen (secondary N) is 1. The number of carboxylic acids is 1. The second-order valence-corrected chi connectivity index (χ2v) is 7.08. The summed E-state index contributed by atoms with van der Waals surface area (Å²) in [6.45, 7) is 6.08. The molecule has 122 valence electrons. The first-order valence-electron chi connectivity index (χ1n) is 7.56. The highest BCUT2D eigenvalue weighted by Crippen LogP contribution is 2.26. The highest BCUT2D eigenvalue weighted by molar-refractivity contribution is 7.12. The molecule has 0 fully saturated rings. The Labute approximate surface area is 140 Å². The van der Waals surface area contributed by atoms with Gasteiger partial charge in [-0.3, -0.25) is 4.79 Å². The van der Waals surface area contributed by atoms with Crippen LogP contribution in [0.2, 0.25) is 0 Å². The van der Waals surface area contributed by atoms with Crippen molar-refractivity contribution in [2.24, 2.45) is 0 Å². The van der Waals surface area contributed by atoms with E-state index >= 15 is 0 Å². The van der Waals surface area contributed by atoms with E-state index in [1.807, 2.05) is 6.92 Å². The third-order valence-corrected chi connectivity index (χ3v) is 4.77. The molecule has 5 heteroatoms. The summed E-state index contributed by atoms with van der Waals surface area (Å²) < 4.78 is 0. The minimum Gasteiger partial charge on any atom is -0.478 e. The molecule has 1 heterocycles. The molecule has 1 aromatic heterocycles. The predicted octanol–water partition coefficient (Wildman–Crippen LogP) is 3.87. The molecular weight excluding hydrogens is 310 g/mol. The second-order valence-electron chi connectivity index (χ2n) is 5.62. The molecule has 23 heavy (non-hydrogen) atoms. The summed E-state index contributed by atoms with van der Waals surface area (Å²) in [4.78, 5) is 25.8. The molecule has 1 atom stereocenters. The first kappa shape index (κ1) is 17.2. The number of benzene rings is 1. The number of carbonyl (C=O) groups is 2. The van der Waals surface area contributed by atoms with Crippen LogP contribution >= 0.6 is 11.3 Å². The zero-order chi connectivity index (χ0) is 17.0. The van der Waals surface area contributed by atoms with Gasteiger partial charge in [-0.1, -0.05) is 18.2 Å². The zero-order valence-electron chi connectivity index (χ0n) is 13.6. The Kier molecular flexibility index (Phi) is 5.55. The minimum atomic E-state index is -0.959. The van der Waals surface area contributed by atoms with Gasteiger partial charge in [0, 0.05) is 16.2 Å². The van der Waals surface area contributed by atoms with Gasteiger partial charge in [0.25, 0.3) is 0 Å². The summed E-state index contributed by atoms with van der Waals surface area (Å²) in [7, 11) is 0. The maximum Gasteiger partial charge on any atom is 0.335 e. The summed E-state index contributed by atoms with van der Waals surface area (Å²) in [5, 5.41) is 12.1. The number of carbonyl (C=O) groups excluding carboxylic acids is 1. The Morgan fingerprint density at radius 1 is 1.26 bits per heavy atom. The fourth-order valence-electron chi connectivity index (χ4n) is 2.67. The lowest BCUT2D eigenvalue weighted by Gasteiger charge is -2.14. The van der Waals surface area contributed by atoms with Crippen LogP contribution in [0.25, 0.3) is 0 Å². The van der Waals surface area contributed by atoms with Crippen LogP contribution in [0.1, 0.15) is 50.6 Å². The lowest BCUT2D eigenvalue weighted by molar-refractivity contribution is -0.121. The lowest BCUT2D eigenvalue weighted by atomic mass is 10.0. The van der Waals surface area contributed by atoms with Gasteiger partial charge in [-0.25, -0.2) is 4.79 Å². The van der Waals surface area contributed by atoms with Crippen LogP contribution in [0.15, 0.2) is 30.3 Å². The summed E-state index contributed by atoms with van der Waals surface area (Å²) in [5.74, 6) is -1.03. The van der Waals surface area contributed by atoms with Gasteiger partial charge in [-0.05, 0) is 50.5 Å². The standard InChI is InChI=1S/C18H21NO3S/c1-11-10-16(13(3)23-11)12(2)19-17(20)9-8-14-6-4-5-7-15(14)18(21)22/h4-7,10,12H,8-9H2,1-3H3,(H,19,20)(H,21,22). The molecule has 0 radical (unpaired) electrons. The number of hydrogen-bond donors (Lipinski definition) is 2. The van der Waals surface area contributed by atoms with Crippen molar-refractivity contribution in [3.63, 3.8) is 0 Å². The number of amides is 1. The molecule has 2 rings (SSSR count). The van der Waals surface area contributed by atoms with Crippen molar-refractivity contribution in [2.45, 2.75) is 39.7 Å². The van der Waals surface area contributed by atoms with E-state index in [1.165, 1.54) is 9.75 Å². The van der Waals surface area contributed by atoms with Gasteiger partial charge in [0.1, 0.15) is 0 Å². The van der Waals surface area contributed by atoms with E-state index in [4.69, 9.17) is 5.11 Å². The molecule has 1 amide bonds. The Bertz CT molecular complexity index is 721. The van der Waals surface area contributed by atoms with Crippen molar-refractivity contribution < 1.29 is 14.7 Å². The Hall–Kier alpha value is -2.14. The van der Waals surface area contributed by atoms with Gasteiger partial charge < -0.3 is 10.4 Å². The molecule has 0 aliphatic heterocycles. The normalized spacial score (nSPS) is 12.0. The van der Waals surface area contributed by atoms with E-state index in [0.29, 0.717) is 12.0 Å². The Morgan fingerprint density at radius 2 is 1.96 bits per heavy atom. The maximum atomic E-state index is 12.1.